The molecule has 0 aliphatic carbocycles. The van der Waals surface area contributed by atoms with E-state index in [0.29, 0.717) is 0 Å². The van der Waals surface area contributed by atoms with Crippen LogP contribution in [-0.4, -0.2) is 77.9 Å². The summed E-state index contributed by atoms with van der Waals surface area (Å²) in [7, 11) is 1.13. The van der Waals surface area contributed by atoms with Crippen LogP contribution in [0.25, 0.3) is 11.1 Å². The Labute approximate surface area is 258 Å². The van der Waals surface area contributed by atoms with Crippen molar-refractivity contribution in [2.75, 3.05) is 32.1 Å². The Bertz CT molecular complexity index is 1430. The van der Waals surface area contributed by atoms with Gasteiger partial charge in [0.1, 0.15) is 17.2 Å². The third-order valence-corrected chi connectivity index (χ3v) is 6.43. The van der Waals surface area contributed by atoms with E-state index >= 15 is 0 Å². The number of nitrogens with zero attached hydrogens (tertiary/aromatic N) is 2. The molecule has 2 aromatic carbocycles. The van der Waals surface area contributed by atoms with E-state index in [-0.39, 0.29) is 47.0 Å². The fourth-order valence-electron chi connectivity index (χ4n) is 4.35. The van der Waals surface area contributed by atoms with Gasteiger partial charge in [-0.25, -0.2) is 14.4 Å². The van der Waals surface area contributed by atoms with Crippen molar-refractivity contribution in [3.8, 4) is 11.1 Å². The summed E-state index contributed by atoms with van der Waals surface area (Å²) >= 11 is 6.00. The van der Waals surface area contributed by atoms with Crippen LogP contribution < -0.4 is 5.32 Å². The number of rotatable bonds is 4. The first-order valence-electron chi connectivity index (χ1n) is 13.6. The summed E-state index contributed by atoms with van der Waals surface area (Å²) in [6.45, 7) is 9.63. The van der Waals surface area contributed by atoms with Crippen molar-refractivity contribution in [2.45, 2.75) is 65.0 Å². The van der Waals surface area contributed by atoms with Crippen LogP contribution in [0.3, 0.4) is 0 Å². The Morgan fingerprint density at radius 3 is 2.09 bits per heavy atom. The molecule has 3 rings (SSSR count). The van der Waals surface area contributed by atoms with Gasteiger partial charge in [-0.05, 0) is 83.0 Å². The molecule has 1 aliphatic heterocycles. The number of carbonyl (C=O) groups excluding carboxylic acids is 4. The number of ether oxygens (including phenoxy) is 3. The number of amides is 3. The number of hydrogen-bond donors (Lipinski definition) is 1. The van der Waals surface area contributed by atoms with Crippen LogP contribution in [0.2, 0.25) is 5.02 Å². The highest BCUT2D eigenvalue weighted by Gasteiger charge is 2.40. The van der Waals surface area contributed by atoms with Gasteiger partial charge < -0.3 is 24.0 Å². The van der Waals surface area contributed by atoms with Gasteiger partial charge in [-0.2, -0.15) is 13.2 Å². The van der Waals surface area contributed by atoms with Gasteiger partial charge in [-0.15, -0.1) is 0 Å². The van der Waals surface area contributed by atoms with Crippen molar-refractivity contribution in [3.63, 3.8) is 0 Å². The van der Waals surface area contributed by atoms with Gasteiger partial charge in [-0.1, -0.05) is 17.7 Å². The van der Waals surface area contributed by atoms with Crippen LogP contribution in [0.15, 0.2) is 36.4 Å². The Hall–Kier alpha value is -4.00. The molecular formula is C30H35ClF3N3O7. The quantitative estimate of drug-likeness (QED) is 0.295. The number of nitrogens with one attached hydrogen (secondary N) is 1. The van der Waals surface area contributed by atoms with Gasteiger partial charge in [0.15, 0.2) is 0 Å². The zero-order valence-electron chi connectivity index (χ0n) is 25.4. The van der Waals surface area contributed by atoms with Crippen molar-refractivity contribution in [2.24, 2.45) is 0 Å². The zero-order valence-corrected chi connectivity index (χ0v) is 26.2. The summed E-state index contributed by atoms with van der Waals surface area (Å²) in [5.74, 6) is -1.57. The summed E-state index contributed by atoms with van der Waals surface area (Å²) in [4.78, 5) is 54.8. The lowest BCUT2D eigenvalue weighted by atomic mass is 9.98. The van der Waals surface area contributed by atoms with Crippen molar-refractivity contribution in [1.82, 2.24) is 9.80 Å². The number of methoxy groups -OCH3 is 1. The number of esters is 1. The molecule has 1 aliphatic rings. The normalized spacial score (nSPS) is 15.8. The predicted octanol–water partition coefficient (Wildman–Crippen LogP) is 6.61. The SMILES string of the molecule is COC(=O)[C@@H]1CN(C(=O)OC(C)(C)C)CCN1C(=O)c1cc(-c2cc(Cl)cc(C(F)(F)F)c2)ccc1NC(=O)OC(C)(C)C. The lowest BCUT2D eigenvalue weighted by Gasteiger charge is -2.40. The second-order valence-corrected chi connectivity index (χ2v) is 12.5. The van der Waals surface area contributed by atoms with E-state index in [1.165, 1.54) is 34.1 Å². The second kappa shape index (κ2) is 12.9. The van der Waals surface area contributed by atoms with E-state index in [0.717, 1.165) is 19.2 Å². The largest absolute Gasteiger partial charge is 0.467 e. The van der Waals surface area contributed by atoms with E-state index in [1.807, 2.05) is 0 Å². The molecule has 1 heterocycles. The molecule has 1 atom stereocenters. The summed E-state index contributed by atoms with van der Waals surface area (Å²) in [5, 5.41) is 2.33. The lowest BCUT2D eigenvalue weighted by molar-refractivity contribution is -0.148. The molecule has 3 amide bonds. The Morgan fingerprint density at radius 2 is 1.52 bits per heavy atom. The number of hydrogen-bond acceptors (Lipinski definition) is 7. The second-order valence-electron chi connectivity index (χ2n) is 12.1. The van der Waals surface area contributed by atoms with Crippen LogP contribution in [-0.2, 0) is 25.2 Å². The van der Waals surface area contributed by atoms with Crippen molar-refractivity contribution in [3.05, 3.63) is 52.5 Å². The fourth-order valence-corrected chi connectivity index (χ4v) is 4.59. The molecular weight excluding hydrogens is 607 g/mol. The number of benzene rings is 2. The van der Waals surface area contributed by atoms with Gasteiger partial charge in [0.2, 0.25) is 0 Å². The summed E-state index contributed by atoms with van der Waals surface area (Å²) in [6, 6.07) is 5.75. The van der Waals surface area contributed by atoms with Crippen molar-refractivity contribution >= 4 is 41.4 Å². The molecule has 44 heavy (non-hydrogen) atoms. The predicted molar refractivity (Wildman–Crippen MR) is 156 cm³/mol. The number of piperazine rings is 1. The Kier molecular flexibility index (Phi) is 10.1. The number of carbonyl (C=O) groups is 4. The molecule has 1 fully saturated rings. The number of halogens is 4. The minimum atomic E-state index is -4.68. The molecule has 0 aromatic heterocycles. The average Bonchev–Trinajstić information content (AvgIpc) is 2.89. The molecule has 0 bridgehead atoms. The summed E-state index contributed by atoms with van der Waals surface area (Å²) in [5.41, 5.74) is -2.62. The van der Waals surface area contributed by atoms with E-state index in [2.05, 4.69) is 5.32 Å². The standard InChI is InChI=1S/C30H35ClF3N3O7/c1-28(2,3)43-26(40)35-22-9-8-17(18-12-19(30(32,33)34)15-20(31)13-18)14-21(22)24(38)37-11-10-36(16-23(37)25(39)42-7)27(41)44-29(4,5)6/h8-9,12-15,23H,10-11,16H2,1-7H3,(H,35,40)/t23-/m0/s1. The van der Waals surface area contributed by atoms with Crippen LogP contribution in [0.5, 0.6) is 0 Å². The van der Waals surface area contributed by atoms with E-state index < -0.39 is 53.0 Å². The maximum absolute atomic E-state index is 14.1. The molecule has 2 aromatic rings. The highest BCUT2D eigenvalue weighted by atomic mass is 35.5. The van der Waals surface area contributed by atoms with Crippen molar-refractivity contribution in [1.29, 1.82) is 0 Å². The average molecular weight is 642 g/mol. The van der Waals surface area contributed by atoms with Crippen LogP contribution in [0.1, 0.15) is 57.5 Å². The topological polar surface area (TPSA) is 114 Å². The molecule has 0 saturated carbocycles. The minimum Gasteiger partial charge on any atom is -0.467 e. The monoisotopic (exact) mass is 641 g/mol. The van der Waals surface area contributed by atoms with E-state index in [1.54, 1.807) is 41.5 Å². The highest BCUT2D eigenvalue weighted by Crippen LogP contribution is 2.36. The van der Waals surface area contributed by atoms with E-state index in [9.17, 15) is 32.3 Å². The van der Waals surface area contributed by atoms with Gasteiger partial charge >= 0.3 is 24.3 Å². The first-order valence-corrected chi connectivity index (χ1v) is 14.0. The number of anilines is 1. The highest BCUT2D eigenvalue weighted by molar-refractivity contribution is 6.31. The fraction of sp³-hybridized carbons (Fsp3) is 0.467. The van der Waals surface area contributed by atoms with E-state index in [4.69, 9.17) is 25.8 Å². The van der Waals surface area contributed by atoms with Gasteiger partial charge in [0, 0.05) is 18.1 Å². The molecule has 240 valence electrons. The molecule has 0 spiro atoms. The third kappa shape index (κ3) is 9.01. The van der Waals surface area contributed by atoms with Crippen LogP contribution in [0.4, 0.5) is 28.4 Å². The summed E-state index contributed by atoms with van der Waals surface area (Å²) < 4.78 is 56.2. The van der Waals surface area contributed by atoms with Crippen LogP contribution >= 0.6 is 11.6 Å². The maximum Gasteiger partial charge on any atom is 0.416 e. The first-order chi connectivity index (χ1) is 20.2. The Balaban J connectivity index is 2.08. The molecule has 0 unspecified atom stereocenters. The molecule has 10 nitrogen and oxygen atoms in total. The smallest absolute Gasteiger partial charge is 0.416 e. The van der Waals surface area contributed by atoms with Gasteiger partial charge in [0.25, 0.3) is 5.91 Å². The number of alkyl halides is 3. The van der Waals surface area contributed by atoms with Gasteiger partial charge in [0.05, 0.1) is 30.5 Å². The summed E-state index contributed by atoms with van der Waals surface area (Å²) in [6.07, 6.45) is -6.26. The lowest BCUT2D eigenvalue weighted by Crippen LogP contribution is -2.60. The van der Waals surface area contributed by atoms with Crippen molar-refractivity contribution < 1.29 is 46.6 Å². The zero-order chi connectivity index (χ0) is 33.2. The minimum absolute atomic E-state index is 0.00586. The maximum atomic E-state index is 14.1. The molecule has 14 heteroatoms. The molecule has 0 radical (unpaired) electrons. The Morgan fingerprint density at radius 1 is 0.886 bits per heavy atom. The molecule has 1 saturated heterocycles. The van der Waals surface area contributed by atoms with Crippen LogP contribution in [0, 0.1) is 0 Å². The van der Waals surface area contributed by atoms with Gasteiger partial charge in [-0.3, -0.25) is 10.1 Å². The third-order valence-electron chi connectivity index (χ3n) is 6.21. The first kappa shape index (κ1) is 34.5. The molecule has 1 N–H and O–H groups in total.